The monoisotopic (exact) mass is 294 g/mol. The predicted octanol–water partition coefficient (Wildman–Crippen LogP) is 4.00. The summed E-state index contributed by atoms with van der Waals surface area (Å²) in [5.74, 6) is -1.18. The second-order valence-corrected chi connectivity index (χ2v) is 6.83. The van der Waals surface area contributed by atoms with Gasteiger partial charge in [-0.15, -0.1) is 0 Å². The molecule has 0 saturated heterocycles. The maximum Gasteiger partial charge on any atom is 0.514 e. The van der Waals surface area contributed by atoms with Crippen LogP contribution in [0.4, 0.5) is 4.79 Å². The van der Waals surface area contributed by atoms with Crippen LogP contribution in [0.5, 0.6) is 5.75 Å². The van der Waals surface area contributed by atoms with E-state index in [0.717, 1.165) is 5.56 Å². The fourth-order valence-electron chi connectivity index (χ4n) is 1.61. The predicted molar refractivity (Wildman–Crippen MR) is 79.0 cm³/mol. The fraction of sp³-hybridized carbons (Fsp3) is 0.500. The molecule has 0 fully saturated rings. The lowest BCUT2D eigenvalue weighted by molar-refractivity contribution is 0.0204. The Morgan fingerprint density at radius 3 is 2.05 bits per heavy atom. The molecule has 0 heterocycles. The molecular formula is C16H22O5. The van der Waals surface area contributed by atoms with Crippen molar-refractivity contribution in [3.05, 3.63) is 29.3 Å². The van der Waals surface area contributed by atoms with Crippen LogP contribution < -0.4 is 4.74 Å². The van der Waals surface area contributed by atoms with Gasteiger partial charge in [-0.3, -0.25) is 0 Å². The van der Waals surface area contributed by atoms with Crippen molar-refractivity contribution in [2.45, 2.75) is 52.6 Å². The number of ether oxygens (including phenoxy) is 2. The second-order valence-electron chi connectivity index (χ2n) is 6.83. The van der Waals surface area contributed by atoms with E-state index in [1.54, 1.807) is 26.8 Å². The van der Waals surface area contributed by atoms with Crippen molar-refractivity contribution in [2.24, 2.45) is 0 Å². The lowest BCUT2D eigenvalue weighted by Crippen LogP contribution is -2.26. The molecule has 1 N–H and O–H groups in total. The SMILES string of the molecule is CC(C)(C)OC(=O)Oc1ccc(C(C)(C)C)cc1C(=O)O. The van der Waals surface area contributed by atoms with Crippen molar-refractivity contribution in [1.29, 1.82) is 0 Å². The highest BCUT2D eigenvalue weighted by Gasteiger charge is 2.23. The largest absolute Gasteiger partial charge is 0.514 e. The van der Waals surface area contributed by atoms with Gasteiger partial charge in [0.05, 0.1) is 0 Å². The molecule has 0 amide bonds. The molecule has 0 aliphatic carbocycles. The highest BCUT2D eigenvalue weighted by atomic mass is 16.7. The topological polar surface area (TPSA) is 72.8 Å². The van der Waals surface area contributed by atoms with Gasteiger partial charge in [0.15, 0.2) is 0 Å². The summed E-state index contributed by atoms with van der Waals surface area (Å²) in [6, 6.07) is 4.74. The number of carbonyl (C=O) groups is 2. The number of benzene rings is 1. The van der Waals surface area contributed by atoms with Crippen molar-refractivity contribution >= 4 is 12.1 Å². The van der Waals surface area contributed by atoms with E-state index < -0.39 is 17.7 Å². The molecule has 0 atom stereocenters. The van der Waals surface area contributed by atoms with Gasteiger partial charge in [0, 0.05) is 0 Å². The first-order valence-electron chi connectivity index (χ1n) is 6.69. The number of carboxylic acids is 1. The molecule has 0 unspecified atom stereocenters. The quantitative estimate of drug-likeness (QED) is 0.659. The van der Waals surface area contributed by atoms with Crippen LogP contribution in [0, 0.1) is 0 Å². The van der Waals surface area contributed by atoms with E-state index in [2.05, 4.69) is 0 Å². The van der Waals surface area contributed by atoms with Crippen LogP contribution in [0.2, 0.25) is 0 Å². The smallest absolute Gasteiger partial charge is 0.478 e. The Bertz CT molecular complexity index is 547. The highest BCUT2D eigenvalue weighted by Crippen LogP contribution is 2.28. The van der Waals surface area contributed by atoms with Crippen molar-refractivity contribution in [2.75, 3.05) is 0 Å². The molecule has 21 heavy (non-hydrogen) atoms. The van der Waals surface area contributed by atoms with Crippen LogP contribution in [0.15, 0.2) is 18.2 Å². The standard InChI is InChI=1S/C16H22O5/c1-15(2,3)10-7-8-12(11(9-10)13(17)18)20-14(19)21-16(4,5)6/h7-9H,1-6H3,(H,17,18). The van der Waals surface area contributed by atoms with Gasteiger partial charge >= 0.3 is 12.1 Å². The minimum Gasteiger partial charge on any atom is -0.478 e. The maximum absolute atomic E-state index is 11.6. The summed E-state index contributed by atoms with van der Waals surface area (Å²) in [6.07, 6.45) is -0.923. The Labute approximate surface area is 124 Å². The third-order valence-electron chi connectivity index (χ3n) is 2.66. The zero-order valence-corrected chi connectivity index (χ0v) is 13.3. The summed E-state index contributed by atoms with van der Waals surface area (Å²) in [5, 5.41) is 9.27. The third-order valence-corrected chi connectivity index (χ3v) is 2.66. The third kappa shape index (κ3) is 5.10. The van der Waals surface area contributed by atoms with Gasteiger partial charge < -0.3 is 14.6 Å². The summed E-state index contributed by atoms with van der Waals surface area (Å²) < 4.78 is 10.0. The Kier molecular flexibility index (Phi) is 4.66. The summed E-state index contributed by atoms with van der Waals surface area (Å²) in [6.45, 7) is 11.0. The minimum atomic E-state index is -1.15. The van der Waals surface area contributed by atoms with Gasteiger partial charge in [0.2, 0.25) is 0 Å². The van der Waals surface area contributed by atoms with E-state index in [0.29, 0.717) is 0 Å². The van der Waals surface area contributed by atoms with Crippen LogP contribution in [-0.4, -0.2) is 22.8 Å². The van der Waals surface area contributed by atoms with Gasteiger partial charge in [-0.05, 0) is 43.9 Å². The molecule has 5 nitrogen and oxygen atoms in total. The molecule has 0 saturated carbocycles. The van der Waals surface area contributed by atoms with Crippen LogP contribution >= 0.6 is 0 Å². The Balaban J connectivity index is 3.08. The average Bonchev–Trinajstić information content (AvgIpc) is 2.24. The zero-order valence-electron chi connectivity index (χ0n) is 13.3. The Morgan fingerprint density at radius 2 is 1.62 bits per heavy atom. The first-order valence-corrected chi connectivity index (χ1v) is 6.69. The van der Waals surface area contributed by atoms with E-state index >= 15 is 0 Å². The summed E-state index contributed by atoms with van der Waals surface area (Å²) >= 11 is 0. The van der Waals surface area contributed by atoms with Crippen molar-refractivity contribution < 1.29 is 24.2 Å². The molecule has 1 aromatic rings. The number of hydrogen-bond acceptors (Lipinski definition) is 4. The molecule has 1 aromatic carbocycles. The lowest BCUT2D eigenvalue weighted by atomic mass is 9.86. The molecular weight excluding hydrogens is 272 g/mol. The Morgan fingerprint density at radius 1 is 1.05 bits per heavy atom. The normalized spacial score (nSPS) is 11.9. The average molecular weight is 294 g/mol. The molecule has 0 aromatic heterocycles. The van der Waals surface area contributed by atoms with Crippen LogP contribution in [0.25, 0.3) is 0 Å². The van der Waals surface area contributed by atoms with Gasteiger partial charge in [0.1, 0.15) is 16.9 Å². The number of carboxylic acid groups (broad SMARTS) is 1. The van der Waals surface area contributed by atoms with Gasteiger partial charge in [-0.1, -0.05) is 26.8 Å². The summed E-state index contributed by atoms with van der Waals surface area (Å²) in [7, 11) is 0. The van der Waals surface area contributed by atoms with Crippen molar-refractivity contribution in [3.8, 4) is 5.75 Å². The number of hydrogen-bond donors (Lipinski definition) is 1. The number of carbonyl (C=O) groups excluding carboxylic acids is 1. The van der Waals surface area contributed by atoms with Gasteiger partial charge in [-0.2, -0.15) is 0 Å². The van der Waals surface area contributed by atoms with Crippen molar-refractivity contribution in [3.63, 3.8) is 0 Å². The molecule has 0 spiro atoms. The number of aromatic carboxylic acids is 1. The second kappa shape index (κ2) is 5.76. The summed E-state index contributed by atoms with van der Waals surface area (Å²) in [5.41, 5.74) is -0.120. The van der Waals surface area contributed by atoms with Crippen molar-refractivity contribution in [1.82, 2.24) is 0 Å². The number of rotatable bonds is 2. The van der Waals surface area contributed by atoms with E-state index in [1.807, 2.05) is 20.8 Å². The fourth-order valence-corrected chi connectivity index (χ4v) is 1.61. The molecule has 116 valence electrons. The van der Waals surface area contributed by atoms with E-state index in [1.165, 1.54) is 12.1 Å². The van der Waals surface area contributed by atoms with Gasteiger partial charge in [-0.25, -0.2) is 9.59 Å². The van der Waals surface area contributed by atoms with Crippen LogP contribution in [0.1, 0.15) is 57.5 Å². The molecule has 5 heteroatoms. The summed E-state index contributed by atoms with van der Waals surface area (Å²) in [4.78, 5) is 23.0. The molecule has 0 radical (unpaired) electrons. The first-order chi connectivity index (χ1) is 9.40. The first kappa shape index (κ1) is 17.0. The van der Waals surface area contributed by atoms with E-state index in [9.17, 15) is 14.7 Å². The van der Waals surface area contributed by atoms with E-state index in [4.69, 9.17) is 9.47 Å². The van der Waals surface area contributed by atoms with E-state index in [-0.39, 0.29) is 16.7 Å². The van der Waals surface area contributed by atoms with Crippen LogP contribution in [0.3, 0.4) is 0 Å². The highest BCUT2D eigenvalue weighted by molar-refractivity contribution is 5.92. The zero-order chi connectivity index (χ0) is 16.4. The lowest BCUT2D eigenvalue weighted by Gasteiger charge is -2.21. The minimum absolute atomic E-state index is 0.0234. The molecule has 0 aliphatic heterocycles. The Hall–Kier alpha value is -2.04. The molecule has 0 bridgehead atoms. The molecule has 1 rings (SSSR count). The maximum atomic E-state index is 11.6. The van der Waals surface area contributed by atoms with Gasteiger partial charge in [0.25, 0.3) is 0 Å². The van der Waals surface area contributed by atoms with Crippen LogP contribution in [-0.2, 0) is 10.2 Å². The molecule has 0 aliphatic rings.